The Morgan fingerprint density at radius 1 is 0.969 bits per heavy atom. The van der Waals surface area contributed by atoms with Crippen molar-refractivity contribution in [3.8, 4) is 11.1 Å². The van der Waals surface area contributed by atoms with E-state index >= 15 is 0 Å². The number of benzene rings is 4. The molecule has 0 saturated carbocycles. The van der Waals surface area contributed by atoms with E-state index in [4.69, 9.17) is 0 Å². The lowest BCUT2D eigenvalue weighted by atomic mass is 9.91. The van der Waals surface area contributed by atoms with Gasteiger partial charge in [0.15, 0.2) is 0 Å². The van der Waals surface area contributed by atoms with Gasteiger partial charge in [-0.2, -0.15) is 0 Å². The number of anilines is 1. The molecule has 0 aliphatic rings. The van der Waals surface area contributed by atoms with Crippen molar-refractivity contribution in [2.24, 2.45) is 0 Å². The third-order valence-corrected chi connectivity index (χ3v) is 6.14. The van der Waals surface area contributed by atoms with Gasteiger partial charge in [-0.25, -0.2) is 4.79 Å². The first kappa shape index (κ1) is 21.8. The number of aromatic carboxylic acids is 1. The Labute approximate surface area is 195 Å². The van der Waals surface area contributed by atoms with Crippen LogP contribution in [0, 0.1) is 6.92 Å². The summed E-state index contributed by atoms with van der Waals surface area (Å²) in [4.78, 5) is 25.0. The first-order valence-electron chi connectivity index (χ1n) is 10.3. The number of amides is 1. The Morgan fingerprint density at radius 2 is 1.72 bits per heavy atom. The summed E-state index contributed by atoms with van der Waals surface area (Å²) in [6, 6.07) is 22.9. The van der Waals surface area contributed by atoms with Crippen molar-refractivity contribution in [2.45, 2.75) is 20.3 Å². The molecule has 160 valence electrons. The van der Waals surface area contributed by atoms with E-state index in [1.54, 1.807) is 18.2 Å². The number of carboxylic acid groups (broad SMARTS) is 1. The molecule has 4 nitrogen and oxygen atoms in total. The standard InChI is InChI=1S/C27H22BrNO3/c1-3-17-13-21(11-12-22(17)27(31)32)29-26(30)25-16(2)23(18-7-5-4-6-8-18)14-19-9-10-20(28)15-24(19)25/h4-15H,3H2,1-2H3,(H,29,30)(H,31,32). The van der Waals surface area contributed by atoms with E-state index in [1.165, 1.54) is 0 Å². The van der Waals surface area contributed by atoms with Crippen molar-refractivity contribution in [1.82, 2.24) is 0 Å². The van der Waals surface area contributed by atoms with E-state index in [1.807, 2.05) is 62.4 Å². The smallest absolute Gasteiger partial charge is 0.335 e. The van der Waals surface area contributed by atoms with E-state index in [2.05, 4.69) is 27.3 Å². The molecule has 0 aliphatic carbocycles. The number of fused-ring (bicyclic) bond motifs is 1. The predicted molar refractivity (Wildman–Crippen MR) is 133 cm³/mol. The van der Waals surface area contributed by atoms with Crippen LogP contribution in [0.25, 0.3) is 21.9 Å². The lowest BCUT2D eigenvalue weighted by Gasteiger charge is -2.16. The molecule has 4 aromatic rings. The van der Waals surface area contributed by atoms with Crippen LogP contribution in [0.4, 0.5) is 5.69 Å². The summed E-state index contributed by atoms with van der Waals surface area (Å²) in [5, 5.41) is 14.2. The SMILES string of the molecule is CCc1cc(NC(=O)c2c(C)c(-c3ccccc3)cc3ccc(Br)cc23)ccc1C(=O)O. The normalized spacial score (nSPS) is 10.8. The highest BCUT2D eigenvalue weighted by Crippen LogP contribution is 2.34. The number of carbonyl (C=O) groups is 2. The van der Waals surface area contributed by atoms with E-state index in [-0.39, 0.29) is 11.5 Å². The van der Waals surface area contributed by atoms with E-state index in [9.17, 15) is 14.7 Å². The Hall–Kier alpha value is -3.44. The Kier molecular flexibility index (Phi) is 6.10. The van der Waals surface area contributed by atoms with E-state index in [0.29, 0.717) is 23.2 Å². The van der Waals surface area contributed by atoms with Crippen LogP contribution in [-0.4, -0.2) is 17.0 Å². The minimum absolute atomic E-state index is 0.228. The molecule has 0 radical (unpaired) electrons. The summed E-state index contributed by atoms with van der Waals surface area (Å²) < 4.78 is 0.894. The van der Waals surface area contributed by atoms with Gasteiger partial charge in [0.1, 0.15) is 0 Å². The fourth-order valence-corrected chi connectivity index (χ4v) is 4.41. The van der Waals surface area contributed by atoms with Gasteiger partial charge in [0.05, 0.1) is 11.1 Å². The molecule has 0 aromatic heterocycles. The molecule has 0 bridgehead atoms. The fourth-order valence-electron chi connectivity index (χ4n) is 4.05. The lowest BCUT2D eigenvalue weighted by Crippen LogP contribution is -2.15. The Morgan fingerprint density at radius 3 is 2.41 bits per heavy atom. The number of nitrogens with one attached hydrogen (secondary N) is 1. The van der Waals surface area contributed by atoms with Crippen molar-refractivity contribution in [2.75, 3.05) is 5.32 Å². The summed E-state index contributed by atoms with van der Waals surface area (Å²) in [5.74, 6) is -1.20. The molecule has 32 heavy (non-hydrogen) atoms. The molecule has 0 unspecified atom stereocenters. The van der Waals surface area contributed by atoms with Crippen LogP contribution in [0.2, 0.25) is 0 Å². The molecule has 1 amide bonds. The fraction of sp³-hybridized carbons (Fsp3) is 0.111. The maximum absolute atomic E-state index is 13.5. The van der Waals surface area contributed by atoms with Crippen molar-refractivity contribution in [3.63, 3.8) is 0 Å². The minimum atomic E-state index is -0.970. The van der Waals surface area contributed by atoms with Crippen LogP contribution in [0.1, 0.15) is 38.8 Å². The molecule has 4 aromatic carbocycles. The van der Waals surface area contributed by atoms with Gasteiger partial charge in [-0.3, -0.25) is 4.79 Å². The topological polar surface area (TPSA) is 66.4 Å². The molecule has 0 saturated heterocycles. The predicted octanol–water partition coefficient (Wildman–Crippen LogP) is 7.09. The lowest BCUT2D eigenvalue weighted by molar-refractivity contribution is 0.0695. The van der Waals surface area contributed by atoms with Crippen LogP contribution >= 0.6 is 15.9 Å². The van der Waals surface area contributed by atoms with Crippen molar-refractivity contribution in [3.05, 3.63) is 99.5 Å². The highest BCUT2D eigenvalue weighted by atomic mass is 79.9. The minimum Gasteiger partial charge on any atom is -0.478 e. The van der Waals surface area contributed by atoms with Crippen LogP contribution in [-0.2, 0) is 6.42 Å². The van der Waals surface area contributed by atoms with E-state index in [0.717, 1.165) is 31.9 Å². The molecule has 2 N–H and O–H groups in total. The number of hydrogen-bond donors (Lipinski definition) is 2. The second-order valence-corrected chi connectivity index (χ2v) is 8.56. The number of carboxylic acids is 1. The van der Waals surface area contributed by atoms with Crippen molar-refractivity contribution in [1.29, 1.82) is 0 Å². The highest BCUT2D eigenvalue weighted by Gasteiger charge is 2.19. The number of halogens is 1. The number of carbonyl (C=O) groups excluding carboxylic acids is 1. The molecule has 5 heteroatoms. The largest absolute Gasteiger partial charge is 0.478 e. The Balaban J connectivity index is 1.84. The number of aryl methyl sites for hydroxylation is 1. The van der Waals surface area contributed by atoms with E-state index < -0.39 is 5.97 Å². The molecule has 0 heterocycles. The third kappa shape index (κ3) is 4.16. The second kappa shape index (κ2) is 8.97. The van der Waals surface area contributed by atoms with Crippen molar-refractivity contribution >= 4 is 44.3 Å². The zero-order chi connectivity index (χ0) is 22.8. The van der Waals surface area contributed by atoms with Gasteiger partial charge >= 0.3 is 5.97 Å². The first-order valence-corrected chi connectivity index (χ1v) is 11.1. The zero-order valence-electron chi connectivity index (χ0n) is 17.8. The zero-order valence-corrected chi connectivity index (χ0v) is 19.4. The average Bonchev–Trinajstić information content (AvgIpc) is 2.78. The maximum Gasteiger partial charge on any atom is 0.335 e. The molecule has 0 fully saturated rings. The molecule has 0 aliphatic heterocycles. The number of hydrogen-bond acceptors (Lipinski definition) is 2. The van der Waals surface area contributed by atoms with Gasteiger partial charge in [0.2, 0.25) is 0 Å². The molecule has 4 rings (SSSR count). The number of rotatable bonds is 5. The molecular formula is C27H22BrNO3. The quantitative estimate of drug-likeness (QED) is 0.315. The van der Waals surface area contributed by atoms with Crippen LogP contribution in [0.3, 0.4) is 0 Å². The van der Waals surface area contributed by atoms with Gasteiger partial charge < -0.3 is 10.4 Å². The average molecular weight is 488 g/mol. The third-order valence-electron chi connectivity index (χ3n) is 5.65. The van der Waals surface area contributed by atoms with Crippen molar-refractivity contribution < 1.29 is 14.7 Å². The molecule has 0 spiro atoms. The van der Waals surface area contributed by atoms with Gasteiger partial charge in [-0.1, -0.05) is 59.3 Å². The molecular weight excluding hydrogens is 466 g/mol. The van der Waals surface area contributed by atoms with Gasteiger partial charge in [0.25, 0.3) is 5.91 Å². The summed E-state index contributed by atoms with van der Waals surface area (Å²) in [6.07, 6.45) is 0.559. The van der Waals surface area contributed by atoms with Gasteiger partial charge in [0, 0.05) is 10.2 Å². The van der Waals surface area contributed by atoms with Gasteiger partial charge in [-0.15, -0.1) is 0 Å². The summed E-state index contributed by atoms with van der Waals surface area (Å²) in [6.45, 7) is 3.86. The molecule has 0 atom stereocenters. The first-order chi connectivity index (χ1) is 15.4. The highest BCUT2D eigenvalue weighted by molar-refractivity contribution is 9.10. The maximum atomic E-state index is 13.5. The second-order valence-electron chi connectivity index (χ2n) is 7.64. The van der Waals surface area contributed by atoms with Gasteiger partial charge in [-0.05, 0) is 82.8 Å². The summed E-state index contributed by atoms with van der Waals surface area (Å²) in [5.41, 5.74) is 5.04. The van der Waals surface area contributed by atoms with Crippen LogP contribution in [0.5, 0.6) is 0 Å². The Bertz CT molecular complexity index is 1350. The summed E-state index contributed by atoms with van der Waals surface area (Å²) in [7, 11) is 0. The van der Waals surface area contributed by atoms with Crippen LogP contribution in [0.15, 0.2) is 77.3 Å². The monoisotopic (exact) mass is 487 g/mol. The van der Waals surface area contributed by atoms with Crippen LogP contribution < -0.4 is 5.32 Å². The summed E-state index contributed by atoms with van der Waals surface area (Å²) >= 11 is 3.52.